The number of aryl methyl sites for hydroxylation is 1. The van der Waals surface area contributed by atoms with E-state index < -0.39 is 16.1 Å². The summed E-state index contributed by atoms with van der Waals surface area (Å²) in [5, 5.41) is 2.59. The molecule has 7 nitrogen and oxygen atoms in total. The molecular weight excluding hydrogens is 457 g/mol. The highest BCUT2D eigenvalue weighted by atomic mass is 32.2. The van der Waals surface area contributed by atoms with Gasteiger partial charge < -0.3 is 10.2 Å². The second kappa shape index (κ2) is 12.0. The molecule has 1 atom stereocenters. The smallest absolute Gasteiger partial charge is 0.242 e. The zero-order valence-corrected chi connectivity index (χ0v) is 21.3. The van der Waals surface area contributed by atoms with Crippen LogP contribution in [-0.2, 0) is 26.2 Å². The molecule has 0 aliphatic rings. The van der Waals surface area contributed by atoms with Gasteiger partial charge >= 0.3 is 0 Å². The number of anilines is 1. The molecule has 0 fully saturated rings. The van der Waals surface area contributed by atoms with Gasteiger partial charge in [0.1, 0.15) is 11.9 Å². The van der Waals surface area contributed by atoms with Crippen LogP contribution in [0.1, 0.15) is 42.9 Å². The number of carbonyl (C=O) groups excluding carboxylic acids is 2. The Bertz CT molecular complexity index is 1100. The third-order valence-electron chi connectivity index (χ3n) is 5.90. The van der Waals surface area contributed by atoms with Gasteiger partial charge in [-0.3, -0.25) is 13.9 Å². The predicted octanol–water partition coefficient (Wildman–Crippen LogP) is 3.54. The molecule has 34 heavy (non-hydrogen) atoms. The third kappa shape index (κ3) is 7.03. The van der Waals surface area contributed by atoms with E-state index in [2.05, 4.69) is 5.32 Å². The summed E-state index contributed by atoms with van der Waals surface area (Å²) in [6.07, 6.45) is 1.90. The average molecular weight is 492 g/mol. The lowest BCUT2D eigenvalue weighted by Crippen LogP contribution is -2.48. The minimum Gasteiger partial charge on any atom is -0.357 e. The molecule has 0 spiro atoms. The molecule has 0 radical (unpaired) electrons. The van der Waals surface area contributed by atoms with E-state index in [0.29, 0.717) is 17.7 Å². The number of likely N-dealkylation sites (N-methyl/N-ethyl adjacent to an activating group) is 1. The zero-order chi connectivity index (χ0) is 25.5. The Morgan fingerprint density at radius 2 is 1.74 bits per heavy atom. The van der Waals surface area contributed by atoms with Crippen LogP contribution in [0.4, 0.5) is 10.1 Å². The molecule has 0 bridgehead atoms. The van der Waals surface area contributed by atoms with E-state index in [4.69, 9.17) is 0 Å². The molecule has 0 saturated heterocycles. The van der Waals surface area contributed by atoms with Crippen molar-refractivity contribution < 1.29 is 22.4 Å². The number of nitrogens with zero attached hydrogens (tertiary/aromatic N) is 2. The Hall–Kier alpha value is -2.94. The molecule has 2 aromatic carbocycles. The van der Waals surface area contributed by atoms with Crippen LogP contribution in [0.2, 0.25) is 0 Å². The van der Waals surface area contributed by atoms with Crippen molar-refractivity contribution in [2.24, 2.45) is 0 Å². The van der Waals surface area contributed by atoms with Gasteiger partial charge in [0.15, 0.2) is 0 Å². The van der Waals surface area contributed by atoms with Gasteiger partial charge in [-0.25, -0.2) is 12.8 Å². The molecule has 0 heterocycles. The summed E-state index contributed by atoms with van der Waals surface area (Å²) >= 11 is 0. The predicted molar refractivity (Wildman–Crippen MR) is 132 cm³/mol. The highest BCUT2D eigenvalue weighted by Crippen LogP contribution is 2.25. The van der Waals surface area contributed by atoms with E-state index in [-0.39, 0.29) is 43.6 Å². The number of hydrogen-bond acceptors (Lipinski definition) is 4. The Morgan fingerprint density at radius 3 is 2.29 bits per heavy atom. The fraction of sp³-hybridized carbons (Fsp3) is 0.440. The molecule has 2 amide bonds. The Kier molecular flexibility index (Phi) is 9.61. The number of hydrogen-bond donors (Lipinski definition) is 1. The first-order valence-corrected chi connectivity index (χ1v) is 13.1. The summed E-state index contributed by atoms with van der Waals surface area (Å²) in [4.78, 5) is 27.2. The van der Waals surface area contributed by atoms with Gasteiger partial charge in [-0.05, 0) is 61.6 Å². The van der Waals surface area contributed by atoms with Crippen molar-refractivity contribution in [3.8, 4) is 0 Å². The number of halogens is 1. The highest BCUT2D eigenvalue weighted by Gasteiger charge is 2.28. The maximum atomic E-state index is 13.3. The van der Waals surface area contributed by atoms with E-state index in [0.717, 1.165) is 17.4 Å². The second-order valence-corrected chi connectivity index (χ2v) is 10.3. The van der Waals surface area contributed by atoms with E-state index in [1.807, 2.05) is 26.8 Å². The first-order valence-electron chi connectivity index (χ1n) is 11.3. The Morgan fingerprint density at radius 1 is 1.09 bits per heavy atom. The van der Waals surface area contributed by atoms with Crippen LogP contribution >= 0.6 is 0 Å². The number of sulfonamides is 1. The first kappa shape index (κ1) is 27.3. The van der Waals surface area contributed by atoms with Crippen molar-refractivity contribution in [2.75, 3.05) is 24.2 Å². The number of nitrogens with one attached hydrogen (secondary N) is 1. The van der Waals surface area contributed by atoms with E-state index in [1.165, 1.54) is 28.4 Å². The molecule has 0 saturated carbocycles. The van der Waals surface area contributed by atoms with E-state index in [9.17, 15) is 22.4 Å². The molecule has 2 aromatic rings. The summed E-state index contributed by atoms with van der Waals surface area (Å²) < 4.78 is 39.7. The van der Waals surface area contributed by atoms with Crippen molar-refractivity contribution in [3.05, 3.63) is 65.0 Å². The lowest BCUT2D eigenvalue weighted by atomic mass is 10.1. The standard InChI is InChI=1S/C25H34FN3O4S/c1-6-22(25(31)27-4)28(17-20-12-14-21(26)15-13-20)24(30)11-8-16-29(34(5,32)33)23-10-7-9-18(2)19(23)3/h7,9-10,12-15,22H,6,8,11,16-17H2,1-5H3,(H,27,31)/t22-/m1/s1. The van der Waals surface area contributed by atoms with Crippen LogP contribution in [0.25, 0.3) is 0 Å². The fourth-order valence-corrected chi connectivity index (χ4v) is 4.88. The first-order chi connectivity index (χ1) is 16.0. The fourth-order valence-electron chi connectivity index (χ4n) is 3.86. The van der Waals surface area contributed by atoms with Crippen LogP contribution < -0.4 is 9.62 Å². The molecule has 1 N–H and O–H groups in total. The monoisotopic (exact) mass is 491 g/mol. The average Bonchev–Trinajstić information content (AvgIpc) is 2.79. The largest absolute Gasteiger partial charge is 0.357 e. The minimum absolute atomic E-state index is 0.0611. The molecular formula is C25H34FN3O4S. The van der Waals surface area contributed by atoms with E-state index >= 15 is 0 Å². The van der Waals surface area contributed by atoms with Gasteiger partial charge in [0.05, 0.1) is 11.9 Å². The van der Waals surface area contributed by atoms with Crippen molar-refractivity contribution in [1.82, 2.24) is 10.2 Å². The normalized spacial score (nSPS) is 12.2. The van der Waals surface area contributed by atoms with Gasteiger partial charge in [0, 0.05) is 26.6 Å². The van der Waals surface area contributed by atoms with Crippen LogP contribution in [0.3, 0.4) is 0 Å². The summed E-state index contributed by atoms with van der Waals surface area (Å²) in [6, 6.07) is 10.6. The third-order valence-corrected chi connectivity index (χ3v) is 7.08. The summed E-state index contributed by atoms with van der Waals surface area (Å²) in [6.45, 7) is 5.89. The SMILES string of the molecule is CC[C@H](C(=O)NC)N(Cc1ccc(F)cc1)C(=O)CCCN(c1cccc(C)c1C)S(C)(=O)=O. The minimum atomic E-state index is -3.56. The van der Waals surface area contributed by atoms with Gasteiger partial charge in [-0.2, -0.15) is 0 Å². The van der Waals surface area contributed by atoms with E-state index in [1.54, 1.807) is 24.3 Å². The van der Waals surface area contributed by atoms with Gasteiger partial charge in [0.2, 0.25) is 21.8 Å². The van der Waals surface area contributed by atoms with Gasteiger partial charge in [-0.1, -0.05) is 31.2 Å². The Labute approximate surface area is 202 Å². The molecule has 186 valence electrons. The summed E-state index contributed by atoms with van der Waals surface area (Å²) in [5.74, 6) is -0.937. The quantitative estimate of drug-likeness (QED) is 0.521. The van der Waals surface area contributed by atoms with Crippen molar-refractivity contribution >= 4 is 27.5 Å². The molecule has 0 unspecified atom stereocenters. The van der Waals surface area contributed by atoms with Crippen molar-refractivity contribution in [1.29, 1.82) is 0 Å². The molecule has 0 aliphatic heterocycles. The lowest BCUT2D eigenvalue weighted by Gasteiger charge is -2.31. The van der Waals surface area contributed by atoms with Crippen LogP contribution in [-0.4, -0.2) is 51.0 Å². The van der Waals surface area contributed by atoms with Crippen LogP contribution in [0, 0.1) is 19.7 Å². The number of rotatable bonds is 11. The van der Waals surface area contributed by atoms with Crippen molar-refractivity contribution in [3.63, 3.8) is 0 Å². The summed E-state index contributed by atoms with van der Waals surface area (Å²) in [5.41, 5.74) is 3.13. The Balaban J connectivity index is 2.21. The highest BCUT2D eigenvalue weighted by molar-refractivity contribution is 7.92. The van der Waals surface area contributed by atoms with Crippen LogP contribution in [0.15, 0.2) is 42.5 Å². The molecule has 0 aromatic heterocycles. The molecule has 0 aliphatic carbocycles. The number of carbonyl (C=O) groups is 2. The second-order valence-electron chi connectivity index (χ2n) is 8.34. The maximum absolute atomic E-state index is 13.3. The lowest BCUT2D eigenvalue weighted by molar-refractivity contribution is -0.141. The van der Waals surface area contributed by atoms with Gasteiger partial charge in [0.25, 0.3) is 0 Å². The topological polar surface area (TPSA) is 86.8 Å². The van der Waals surface area contributed by atoms with Crippen molar-refractivity contribution in [2.45, 2.75) is 52.6 Å². The van der Waals surface area contributed by atoms with Crippen LogP contribution in [0.5, 0.6) is 0 Å². The molecule has 2 rings (SSSR count). The summed E-state index contributed by atoms with van der Waals surface area (Å²) in [7, 11) is -2.04. The van der Waals surface area contributed by atoms with Gasteiger partial charge in [-0.15, -0.1) is 0 Å². The maximum Gasteiger partial charge on any atom is 0.242 e. The molecule has 9 heteroatoms. The zero-order valence-electron chi connectivity index (χ0n) is 20.5. The number of benzene rings is 2. The number of amides is 2.